The van der Waals surface area contributed by atoms with Crippen LogP contribution in [-0.4, -0.2) is 47.9 Å². The molecular weight excluding hydrogens is 264 g/mol. The molecule has 1 aliphatic heterocycles. The van der Waals surface area contributed by atoms with Crippen LogP contribution in [0.25, 0.3) is 0 Å². The summed E-state index contributed by atoms with van der Waals surface area (Å²) in [5.74, 6) is 0. The molecule has 108 valence electrons. The van der Waals surface area contributed by atoms with E-state index in [1.807, 2.05) is 16.9 Å². The molecule has 0 unspecified atom stereocenters. The summed E-state index contributed by atoms with van der Waals surface area (Å²) in [7, 11) is -3.03. The summed E-state index contributed by atoms with van der Waals surface area (Å²) in [4.78, 5) is 0. The van der Waals surface area contributed by atoms with Crippen LogP contribution in [0.3, 0.4) is 0 Å². The monoisotopic (exact) mass is 286 g/mol. The normalized spacial score (nSPS) is 18.8. The first-order valence-corrected chi connectivity index (χ1v) is 8.54. The van der Waals surface area contributed by atoms with Gasteiger partial charge in [0.1, 0.15) is 0 Å². The lowest BCUT2D eigenvalue weighted by atomic mass is 10.1. The number of nitrogens with one attached hydrogen (secondary N) is 1. The molecule has 1 fully saturated rings. The van der Waals surface area contributed by atoms with E-state index >= 15 is 0 Å². The lowest BCUT2D eigenvalue weighted by Crippen LogP contribution is -2.44. The molecule has 0 spiro atoms. The van der Waals surface area contributed by atoms with Crippen LogP contribution >= 0.6 is 0 Å². The summed E-state index contributed by atoms with van der Waals surface area (Å²) in [5.41, 5.74) is 1.17. The second-order valence-corrected chi connectivity index (χ2v) is 6.94. The first-order valence-electron chi connectivity index (χ1n) is 6.70. The summed E-state index contributed by atoms with van der Waals surface area (Å²) >= 11 is 0. The number of aryl methyl sites for hydroxylation is 1. The molecule has 0 amide bonds. The van der Waals surface area contributed by atoms with Gasteiger partial charge in [-0.3, -0.25) is 4.68 Å². The van der Waals surface area contributed by atoms with Crippen molar-refractivity contribution >= 4 is 10.0 Å². The Kier molecular flexibility index (Phi) is 4.59. The molecule has 0 aliphatic carbocycles. The van der Waals surface area contributed by atoms with E-state index in [0.29, 0.717) is 19.1 Å². The summed E-state index contributed by atoms with van der Waals surface area (Å²) in [6.07, 6.45) is 4.83. The molecule has 0 radical (unpaired) electrons. The van der Waals surface area contributed by atoms with Gasteiger partial charge in [0.15, 0.2) is 0 Å². The van der Waals surface area contributed by atoms with Crippen LogP contribution in [0.4, 0.5) is 0 Å². The van der Waals surface area contributed by atoms with E-state index in [0.717, 1.165) is 25.9 Å². The Bertz CT molecular complexity index is 504. The quantitative estimate of drug-likeness (QED) is 0.852. The Balaban J connectivity index is 1.80. The molecule has 7 heteroatoms. The highest BCUT2D eigenvalue weighted by Crippen LogP contribution is 2.13. The van der Waals surface area contributed by atoms with Crippen LogP contribution in [0, 0.1) is 0 Å². The second-order valence-electron chi connectivity index (χ2n) is 4.96. The standard InChI is InChI=1S/C12H22N4O2S/c1-3-16-12(4-7-14-16)10-13-11-5-8-15(9-6-11)19(2,17)18/h4,7,11,13H,3,5-6,8-10H2,1-2H3. The minimum absolute atomic E-state index is 0.387. The van der Waals surface area contributed by atoms with E-state index < -0.39 is 10.0 Å². The van der Waals surface area contributed by atoms with Gasteiger partial charge in [0.05, 0.1) is 11.9 Å². The number of hydrogen-bond donors (Lipinski definition) is 1. The number of sulfonamides is 1. The maximum absolute atomic E-state index is 11.4. The SMILES string of the molecule is CCn1nccc1CNC1CCN(S(C)(=O)=O)CC1. The molecule has 1 saturated heterocycles. The lowest BCUT2D eigenvalue weighted by Gasteiger charge is -2.30. The molecule has 1 aromatic rings. The van der Waals surface area contributed by atoms with Crippen molar-refractivity contribution in [3.8, 4) is 0 Å². The van der Waals surface area contributed by atoms with E-state index in [1.54, 1.807) is 4.31 Å². The molecule has 0 aromatic carbocycles. The third kappa shape index (κ3) is 3.77. The zero-order valence-electron chi connectivity index (χ0n) is 11.5. The van der Waals surface area contributed by atoms with Gasteiger partial charge in [-0.1, -0.05) is 0 Å². The minimum atomic E-state index is -3.03. The fraction of sp³-hybridized carbons (Fsp3) is 0.750. The molecule has 0 atom stereocenters. The van der Waals surface area contributed by atoms with E-state index in [1.165, 1.54) is 11.9 Å². The maximum Gasteiger partial charge on any atom is 0.211 e. The molecule has 19 heavy (non-hydrogen) atoms. The Labute approximate surface area is 114 Å². The molecule has 1 N–H and O–H groups in total. The highest BCUT2D eigenvalue weighted by molar-refractivity contribution is 7.88. The molecule has 2 heterocycles. The van der Waals surface area contributed by atoms with Crippen LogP contribution < -0.4 is 5.32 Å². The van der Waals surface area contributed by atoms with Crippen molar-refractivity contribution in [1.29, 1.82) is 0 Å². The number of piperidine rings is 1. The van der Waals surface area contributed by atoms with E-state index in [-0.39, 0.29) is 0 Å². The fourth-order valence-corrected chi connectivity index (χ4v) is 3.31. The van der Waals surface area contributed by atoms with Crippen molar-refractivity contribution in [2.24, 2.45) is 0 Å². The van der Waals surface area contributed by atoms with Gasteiger partial charge in [-0.15, -0.1) is 0 Å². The van der Waals surface area contributed by atoms with Gasteiger partial charge in [-0.05, 0) is 25.8 Å². The van der Waals surface area contributed by atoms with Crippen molar-refractivity contribution < 1.29 is 8.42 Å². The maximum atomic E-state index is 11.4. The largest absolute Gasteiger partial charge is 0.308 e. The smallest absolute Gasteiger partial charge is 0.211 e. The van der Waals surface area contributed by atoms with Crippen molar-refractivity contribution in [3.05, 3.63) is 18.0 Å². The molecule has 1 aromatic heterocycles. The van der Waals surface area contributed by atoms with Crippen LogP contribution in [0.5, 0.6) is 0 Å². The molecule has 1 aliphatic rings. The third-order valence-electron chi connectivity index (χ3n) is 3.60. The lowest BCUT2D eigenvalue weighted by molar-refractivity contribution is 0.288. The summed E-state index contributed by atoms with van der Waals surface area (Å²) in [5, 5.41) is 7.72. The van der Waals surface area contributed by atoms with Gasteiger partial charge < -0.3 is 5.32 Å². The predicted octanol–water partition coefficient (Wildman–Crippen LogP) is 0.417. The van der Waals surface area contributed by atoms with Gasteiger partial charge in [0, 0.05) is 38.4 Å². The summed E-state index contributed by atoms with van der Waals surface area (Å²) in [6.45, 7) is 4.96. The average Bonchev–Trinajstić information content (AvgIpc) is 2.83. The predicted molar refractivity (Wildman–Crippen MR) is 74.2 cm³/mol. The molecule has 6 nitrogen and oxygen atoms in total. The average molecular weight is 286 g/mol. The molecular formula is C12H22N4O2S. The zero-order chi connectivity index (χ0) is 13.9. The van der Waals surface area contributed by atoms with Crippen LogP contribution in [0.1, 0.15) is 25.5 Å². The first-order chi connectivity index (χ1) is 9.00. The topological polar surface area (TPSA) is 67.2 Å². The number of rotatable bonds is 5. The van der Waals surface area contributed by atoms with Crippen molar-refractivity contribution in [2.45, 2.75) is 38.9 Å². The van der Waals surface area contributed by atoms with Crippen LogP contribution in [-0.2, 0) is 23.1 Å². The second kappa shape index (κ2) is 6.02. The third-order valence-corrected chi connectivity index (χ3v) is 4.90. The van der Waals surface area contributed by atoms with Gasteiger partial charge in [-0.2, -0.15) is 5.10 Å². The number of hydrogen-bond acceptors (Lipinski definition) is 4. The van der Waals surface area contributed by atoms with E-state index in [4.69, 9.17) is 0 Å². The fourth-order valence-electron chi connectivity index (χ4n) is 2.44. The molecule has 0 saturated carbocycles. The van der Waals surface area contributed by atoms with E-state index in [2.05, 4.69) is 17.3 Å². The van der Waals surface area contributed by atoms with Crippen molar-refractivity contribution in [3.63, 3.8) is 0 Å². The Morgan fingerprint density at radius 2 is 2.11 bits per heavy atom. The Morgan fingerprint density at radius 3 is 2.68 bits per heavy atom. The minimum Gasteiger partial charge on any atom is -0.308 e. The van der Waals surface area contributed by atoms with Crippen molar-refractivity contribution in [1.82, 2.24) is 19.4 Å². The number of aromatic nitrogens is 2. The summed E-state index contributed by atoms with van der Waals surface area (Å²) in [6, 6.07) is 2.40. The molecule has 0 bridgehead atoms. The summed E-state index contributed by atoms with van der Waals surface area (Å²) < 4.78 is 26.4. The van der Waals surface area contributed by atoms with Gasteiger partial charge in [0.25, 0.3) is 0 Å². The highest BCUT2D eigenvalue weighted by Gasteiger charge is 2.24. The van der Waals surface area contributed by atoms with Crippen LogP contribution in [0.2, 0.25) is 0 Å². The Hall–Kier alpha value is -0.920. The number of nitrogens with zero attached hydrogens (tertiary/aromatic N) is 3. The highest BCUT2D eigenvalue weighted by atomic mass is 32.2. The van der Waals surface area contributed by atoms with Crippen molar-refractivity contribution in [2.75, 3.05) is 19.3 Å². The van der Waals surface area contributed by atoms with Gasteiger partial charge in [0.2, 0.25) is 10.0 Å². The Morgan fingerprint density at radius 1 is 1.42 bits per heavy atom. The zero-order valence-corrected chi connectivity index (χ0v) is 12.4. The van der Waals surface area contributed by atoms with Gasteiger partial charge in [-0.25, -0.2) is 12.7 Å². The molecule has 2 rings (SSSR count). The van der Waals surface area contributed by atoms with E-state index in [9.17, 15) is 8.42 Å². The van der Waals surface area contributed by atoms with Crippen LogP contribution in [0.15, 0.2) is 12.3 Å². The first kappa shape index (κ1) is 14.5. The van der Waals surface area contributed by atoms with Gasteiger partial charge >= 0.3 is 0 Å².